The highest BCUT2D eigenvalue weighted by atomic mass is 32.1. The minimum Gasteiger partial charge on any atom is -0.383 e. The summed E-state index contributed by atoms with van der Waals surface area (Å²) in [5.41, 5.74) is 4.72. The Labute approximate surface area is 142 Å². The van der Waals surface area contributed by atoms with E-state index < -0.39 is 0 Å². The van der Waals surface area contributed by atoms with Gasteiger partial charge in [-0.25, -0.2) is 0 Å². The summed E-state index contributed by atoms with van der Waals surface area (Å²) >= 11 is 1.50. The lowest BCUT2D eigenvalue weighted by molar-refractivity contribution is 0.140. The molecule has 0 aliphatic heterocycles. The molecule has 0 aliphatic rings. The molecule has 0 bridgehead atoms. The smallest absolute Gasteiger partial charge is 0.0826 e. The first-order valence-corrected chi connectivity index (χ1v) is 8.72. The number of ether oxygens (including phenoxy) is 1. The minimum absolute atomic E-state index is 0.398. The molecule has 0 saturated carbocycles. The first kappa shape index (κ1) is 18.0. The van der Waals surface area contributed by atoms with E-state index in [2.05, 4.69) is 47.3 Å². The quantitative estimate of drug-likeness (QED) is 0.741. The van der Waals surface area contributed by atoms with Crippen LogP contribution in [0.1, 0.15) is 47.3 Å². The molecule has 2 rings (SSSR count). The summed E-state index contributed by atoms with van der Waals surface area (Å²) in [4.78, 5) is 3.64. The standard InChI is InChI=1S/C16H27N5OS/c1-11(2)16-15(23-19-17-16)10-21(7-8-22-6)9-14-12(3)18-20(5)13(14)4/h11H,7-10H2,1-6H3. The summed E-state index contributed by atoms with van der Waals surface area (Å²) in [5.74, 6) is 0.398. The van der Waals surface area contributed by atoms with Crippen LogP contribution in [-0.4, -0.2) is 44.5 Å². The maximum Gasteiger partial charge on any atom is 0.0826 e. The lowest BCUT2D eigenvalue weighted by Gasteiger charge is -2.22. The Bertz CT molecular complexity index is 634. The van der Waals surface area contributed by atoms with Crippen molar-refractivity contribution in [2.24, 2.45) is 7.05 Å². The van der Waals surface area contributed by atoms with Crippen molar-refractivity contribution in [3.63, 3.8) is 0 Å². The Balaban J connectivity index is 2.18. The molecule has 0 fully saturated rings. The van der Waals surface area contributed by atoms with Crippen molar-refractivity contribution in [1.29, 1.82) is 0 Å². The fourth-order valence-electron chi connectivity index (χ4n) is 2.67. The first-order chi connectivity index (χ1) is 10.9. The molecule has 7 heteroatoms. The third-order valence-electron chi connectivity index (χ3n) is 4.15. The molecule has 0 aromatic carbocycles. The van der Waals surface area contributed by atoms with Crippen LogP contribution in [0, 0.1) is 13.8 Å². The monoisotopic (exact) mass is 337 g/mol. The molecule has 23 heavy (non-hydrogen) atoms. The van der Waals surface area contributed by atoms with Gasteiger partial charge in [0.1, 0.15) is 0 Å². The van der Waals surface area contributed by atoms with Gasteiger partial charge in [0.25, 0.3) is 0 Å². The van der Waals surface area contributed by atoms with Gasteiger partial charge in [0, 0.05) is 45.0 Å². The van der Waals surface area contributed by atoms with Gasteiger partial charge < -0.3 is 4.74 Å². The number of rotatable bonds is 8. The Kier molecular flexibility index (Phi) is 6.26. The number of methoxy groups -OCH3 is 1. The van der Waals surface area contributed by atoms with Crippen LogP contribution >= 0.6 is 11.5 Å². The summed E-state index contributed by atoms with van der Waals surface area (Å²) in [7, 11) is 3.74. The summed E-state index contributed by atoms with van der Waals surface area (Å²) in [6.45, 7) is 11.8. The van der Waals surface area contributed by atoms with Crippen LogP contribution < -0.4 is 0 Å². The lowest BCUT2D eigenvalue weighted by Crippen LogP contribution is -2.27. The molecule has 0 atom stereocenters. The van der Waals surface area contributed by atoms with Gasteiger partial charge in [0.15, 0.2) is 0 Å². The summed E-state index contributed by atoms with van der Waals surface area (Å²) in [6.07, 6.45) is 0. The van der Waals surface area contributed by atoms with E-state index in [0.29, 0.717) is 12.5 Å². The molecule has 0 spiro atoms. The van der Waals surface area contributed by atoms with E-state index in [1.165, 1.54) is 27.7 Å². The highest BCUT2D eigenvalue weighted by Gasteiger charge is 2.18. The van der Waals surface area contributed by atoms with Crippen molar-refractivity contribution in [2.75, 3.05) is 20.3 Å². The van der Waals surface area contributed by atoms with Crippen molar-refractivity contribution in [1.82, 2.24) is 24.3 Å². The van der Waals surface area contributed by atoms with E-state index in [4.69, 9.17) is 4.74 Å². The largest absolute Gasteiger partial charge is 0.383 e. The zero-order valence-electron chi connectivity index (χ0n) is 15.0. The van der Waals surface area contributed by atoms with Gasteiger partial charge in [-0.05, 0) is 31.3 Å². The van der Waals surface area contributed by atoms with Crippen molar-refractivity contribution < 1.29 is 4.74 Å². The van der Waals surface area contributed by atoms with E-state index in [-0.39, 0.29) is 0 Å². The second-order valence-electron chi connectivity index (χ2n) is 6.21. The number of aromatic nitrogens is 4. The Hall–Kier alpha value is -1.31. The summed E-state index contributed by atoms with van der Waals surface area (Å²) in [5, 5.41) is 8.81. The molecule has 0 unspecified atom stereocenters. The van der Waals surface area contributed by atoms with Crippen LogP contribution in [-0.2, 0) is 24.9 Å². The normalized spacial score (nSPS) is 11.8. The van der Waals surface area contributed by atoms with Crippen molar-refractivity contribution in [2.45, 2.75) is 46.7 Å². The van der Waals surface area contributed by atoms with Crippen LogP contribution in [0.2, 0.25) is 0 Å². The number of hydrogen-bond donors (Lipinski definition) is 0. The third kappa shape index (κ3) is 4.37. The molecule has 128 valence electrons. The molecule has 0 radical (unpaired) electrons. The van der Waals surface area contributed by atoms with Gasteiger partial charge >= 0.3 is 0 Å². The van der Waals surface area contributed by atoms with Crippen molar-refractivity contribution in [3.8, 4) is 0 Å². The molecule has 2 heterocycles. The molecule has 0 saturated heterocycles. The second-order valence-corrected chi connectivity index (χ2v) is 7.05. The van der Waals surface area contributed by atoms with Crippen molar-refractivity contribution in [3.05, 3.63) is 27.5 Å². The SMILES string of the molecule is COCCN(Cc1snnc1C(C)C)Cc1c(C)nn(C)c1C. The summed E-state index contributed by atoms with van der Waals surface area (Å²) < 4.78 is 11.4. The first-order valence-electron chi connectivity index (χ1n) is 7.95. The zero-order chi connectivity index (χ0) is 17.0. The van der Waals surface area contributed by atoms with E-state index >= 15 is 0 Å². The van der Waals surface area contributed by atoms with Crippen LogP contribution in [0.4, 0.5) is 0 Å². The Morgan fingerprint density at radius 1 is 1.26 bits per heavy atom. The van der Waals surface area contributed by atoms with Crippen LogP contribution in [0.3, 0.4) is 0 Å². The predicted octanol–water partition coefficient (Wildman–Crippen LogP) is 2.66. The minimum atomic E-state index is 0.398. The topological polar surface area (TPSA) is 56.1 Å². The van der Waals surface area contributed by atoms with Gasteiger partial charge in [-0.2, -0.15) is 5.10 Å². The maximum absolute atomic E-state index is 5.28. The Morgan fingerprint density at radius 2 is 2.00 bits per heavy atom. The van der Waals surface area contributed by atoms with Gasteiger partial charge in [-0.3, -0.25) is 9.58 Å². The van der Waals surface area contributed by atoms with Gasteiger partial charge in [0.2, 0.25) is 0 Å². The predicted molar refractivity (Wildman–Crippen MR) is 92.7 cm³/mol. The van der Waals surface area contributed by atoms with E-state index in [9.17, 15) is 0 Å². The fraction of sp³-hybridized carbons (Fsp3) is 0.688. The molecule has 0 N–H and O–H groups in total. The van der Waals surface area contributed by atoms with E-state index in [1.807, 2.05) is 11.7 Å². The average molecular weight is 337 g/mol. The zero-order valence-corrected chi connectivity index (χ0v) is 15.8. The van der Waals surface area contributed by atoms with Gasteiger partial charge in [-0.1, -0.05) is 18.3 Å². The van der Waals surface area contributed by atoms with Crippen LogP contribution in [0.15, 0.2) is 0 Å². The molecule has 0 aliphatic carbocycles. The molecular formula is C16H27N5OS. The lowest BCUT2D eigenvalue weighted by atomic mass is 10.1. The number of hydrogen-bond acceptors (Lipinski definition) is 6. The number of aryl methyl sites for hydroxylation is 2. The van der Waals surface area contributed by atoms with Crippen LogP contribution in [0.5, 0.6) is 0 Å². The van der Waals surface area contributed by atoms with Crippen molar-refractivity contribution >= 4 is 11.5 Å². The molecule has 6 nitrogen and oxygen atoms in total. The highest BCUT2D eigenvalue weighted by Crippen LogP contribution is 2.23. The Morgan fingerprint density at radius 3 is 2.57 bits per heavy atom. The summed E-state index contributed by atoms with van der Waals surface area (Å²) in [6, 6.07) is 0. The molecule has 0 amide bonds. The average Bonchev–Trinajstić information content (AvgIpc) is 3.05. The fourth-order valence-corrected chi connectivity index (χ4v) is 3.51. The van der Waals surface area contributed by atoms with E-state index in [0.717, 1.165) is 31.0 Å². The molecule has 2 aromatic rings. The van der Waals surface area contributed by atoms with Gasteiger partial charge in [0.05, 0.1) is 22.9 Å². The second kappa shape index (κ2) is 7.99. The van der Waals surface area contributed by atoms with Crippen LogP contribution in [0.25, 0.3) is 0 Å². The third-order valence-corrected chi connectivity index (χ3v) is 4.87. The molecular weight excluding hydrogens is 310 g/mol. The number of nitrogens with zero attached hydrogens (tertiary/aromatic N) is 5. The molecule has 2 aromatic heterocycles. The highest BCUT2D eigenvalue weighted by molar-refractivity contribution is 7.05. The van der Waals surface area contributed by atoms with Gasteiger partial charge in [-0.15, -0.1) is 5.10 Å². The van der Waals surface area contributed by atoms with E-state index in [1.54, 1.807) is 7.11 Å². The maximum atomic E-state index is 5.28.